The summed E-state index contributed by atoms with van der Waals surface area (Å²) in [6, 6.07) is 1.45. The topological polar surface area (TPSA) is 93.5 Å². The number of nitrogens with zero attached hydrogens (tertiary/aromatic N) is 1. The van der Waals surface area contributed by atoms with Crippen molar-refractivity contribution >= 4 is 12.0 Å². The van der Waals surface area contributed by atoms with E-state index in [1.807, 2.05) is 20.8 Å². The van der Waals surface area contributed by atoms with E-state index >= 15 is 0 Å². The van der Waals surface area contributed by atoms with Gasteiger partial charge in [-0.15, -0.1) is 0 Å². The first-order chi connectivity index (χ1) is 12.3. The summed E-state index contributed by atoms with van der Waals surface area (Å²) in [5.41, 5.74) is -0.236. The maximum atomic E-state index is 12.6. The second-order valence-corrected chi connectivity index (χ2v) is 8.36. The Morgan fingerprint density at radius 1 is 1.08 bits per heavy atom. The number of rotatable bonds is 4. The van der Waals surface area contributed by atoms with Gasteiger partial charge in [-0.1, -0.05) is 24.4 Å². The lowest BCUT2D eigenvalue weighted by molar-refractivity contribution is 0.0485. The Morgan fingerprint density at radius 3 is 2.35 bits per heavy atom. The maximum absolute atomic E-state index is 12.6. The van der Waals surface area contributed by atoms with Crippen LogP contribution in [-0.4, -0.2) is 34.8 Å². The van der Waals surface area contributed by atoms with Crippen LogP contribution in [0.3, 0.4) is 0 Å². The first-order valence-electron chi connectivity index (χ1n) is 9.59. The molecule has 2 atom stereocenters. The predicted molar refractivity (Wildman–Crippen MR) is 96.0 cm³/mol. The Hall–Kier alpha value is -2.05. The third-order valence-electron chi connectivity index (χ3n) is 4.78. The van der Waals surface area contributed by atoms with Gasteiger partial charge in [-0.3, -0.25) is 4.79 Å². The fraction of sp³-hybridized carbons (Fsp3) is 0.737. The molecule has 2 saturated carbocycles. The summed E-state index contributed by atoms with van der Waals surface area (Å²) in [5.74, 6) is 0.964. The molecule has 0 aliphatic heterocycles. The van der Waals surface area contributed by atoms with Crippen molar-refractivity contribution in [1.29, 1.82) is 0 Å². The van der Waals surface area contributed by atoms with Crippen molar-refractivity contribution in [3.63, 3.8) is 0 Å². The van der Waals surface area contributed by atoms with Crippen LogP contribution in [0.5, 0.6) is 0 Å². The van der Waals surface area contributed by atoms with Gasteiger partial charge >= 0.3 is 6.09 Å². The number of hydrogen-bond acceptors (Lipinski definition) is 5. The quantitative estimate of drug-likeness (QED) is 0.799. The summed E-state index contributed by atoms with van der Waals surface area (Å²) < 4.78 is 10.6. The van der Waals surface area contributed by atoms with Crippen molar-refractivity contribution in [2.45, 2.75) is 89.3 Å². The molecule has 0 bridgehead atoms. The van der Waals surface area contributed by atoms with Crippen molar-refractivity contribution in [2.75, 3.05) is 0 Å². The number of hydrogen-bond donors (Lipinski definition) is 2. The lowest BCUT2D eigenvalue weighted by atomic mass is 10.0. The van der Waals surface area contributed by atoms with Crippen molar-refractivity contribution in [2.24, 2.45) is 0 Å². The summed E-state index contributed by atoms with van der Waals surface area (Å²) in [4.78, 5) is 24.7. The van der Waals surface area contributed by atoms with Crippen molar-refractivity contribution in [1.82, 2.24) is 15.8 Å². The highest BCUT2D eigenvalue weighted by molar-refractivity contribution is 5.92. The Bertz CT molecular complexity index is 645. The molecule has 1 aromatic heterocycles. The van der Waals surface area contributed by atoms with Crippen molar-refractivity contribution < 1.29 is 18.8 Å². The molecule has 2 fully saturated rings. The Labute approximate surface area is 154 Å². The van der Waals surface area contributed by atoms with E-state index in [-0.39, 0.29) is 18.0 Å². The van der Waals surface area contributed by atoms with Gasteiger partial charge in [0, 0.05) is 18.0 Å². The number of carbonyl (C=O) groups is 2. The molecule has 0 radical (unpaired) electrons. The van der Waals surface area contributed by atoms with Crippen LogP contribution in [0.2, 0.25) is 0 Å². The first-order valence-corrected chi connectivity index (χ1v) is 9.59. The summed E-state index contributed by atoms with van der Waals surface area (Å²) in [7, 11) is 0. The van der Waals surface area contributed by atoms with E-state index in [1.54, 1.807) is 6.07 Å². The van der Waals surface area contributed by atoms with E-state index in [0.717, 1.165) is 50.7 Å². The number of alkyl carbamates (subject to hydrolysis) is 1. The van der Waals surface area contributed by atoms with E-state index < -0.39 is 11.7 Å². The molecule has 1 aromatic rings. The predicted octanol–water partition coefficient (Wildman–Crippen LogP) is 3.51. The molecule has 144 valence electrons. The minimum absolute atomic E-state index is 0.140. The van der Waals surface area contributed by atoms with Gasteiger partial charge < -0.3 is 19.9 Å². The number of aromatic nitrogens is 1. The summed E-state index contributed by atoms with van der Waals surface area (Å²) >= 11 is 0. The van der Waals surface area contributed by atoms with E-state index in [4.69, 9.17) is 9.26 Å². The average molecular weight is 363 g/mol. The highest BCUT2D eigenvalue weighted by Crippen LogP contribution is 2.40. The molecule has 0 aromatic carbocycles. The average Bonchev–Trinajstić information content (AvgIpc) is 3.30. The molecule has 7 nitrogen and oxygen atoms in total. The highest BCUT2D eigenvalue weighted by atomic mass is 16.6. The van der Waals surface area contributed by atoms with Crippen LogP contribution < -0.4 is 10.6 Å². The molecular formula is C19H29N3O4. The third-order valence-corrected chi connectivity index (χ3v) is 4.78. The molecule has 2 N–H and O–H groups in total. The van der Waals surface area contributed by atoms with Gasteiger partial charge in [0.15, 0.2) is 5.69 Å². The van der Waals surface area contributed by atoms with E-state index in [0.29, 0.717) is 11.6 Å². The molecule has 0 spiro atoms. The third kappa shape index (κ3) is 5.22. The monoisotopic (exact) mass is 363 g/mol. The molecule has 0 saturated heterocycles. The van der Waals surface area contributed by atoms with Gasteiger partial charge in [-0.05, 0) is 46.5 Å². The van der Waals surface area contributed by atoms with Gasteiger partial charge in [0.05, 0.1) is 6.04 Å². The zero-order chi connectivity index (χ0) is 18.7. The lowest BCUT2D eigenvalue weighted by Crippen LogP contribution is -2.52. The van der Waals surface area contributed by atoms with Crippen LogP contribution in [0.15, 0.2) is 10.6 Å². The molecular weight excluding hydrogens is 334 g/mol. The van der Waals surface area contributed by atoms with Crippen LogP contribution >= 0.6 is 0 Å². The molecule has 2 aliphatic carbocycles. The van der Waals surface area contributed by atoms with Crippen LogP contribution in [-0.2, 0) is 4.74 Å². The molecule has 26 heavy (non-hydrogen) atoms. The van der Waals surface area contributed by atoms with Gasteiger partial charge in [0.25, 0.3) is 5.91 Å². The van der Waals surface area contributed by atoms with Gasteiger partial charge in [-0.25, -0.2) is 4.79 Å². The number of amides is 2. The van der Waals surface area contributed by atoms with Crippen molar-refractivity contribution in [3.8, 4) is 0 Å². The Morgan fingerprint density at radius 2 is 1.73 bits per heavy atom. The van der Waals surface area contributed by atoms with Crippen LogP contribution in [0.25, 0.3) is 0 Å². The van der Waals surface area contributed by atoms with Crippen LogP contribution in [0.4, 0.5) is 4.79 Å². The second kappa shape index (κ2) is 7.68. The molecule has 7 heteroatoms. The first kappa shape index (κ1) is 18.7. The maximum Gasteiger partial charge on any atom is 0.407 e. The Balaban J connectivity index is 1.61. The fourth-order valence-corrected chi connectivity index (χ4v) is 3.31. The van der Waals surface area contributed by atoms with Crippen molar-refractivity contribution in [3.05, 3.63) is 17.5 Å². The SMILES string of the molecule is CC(C)(C)OC(=O)N[C@@H]1CCCCC[C@H]1NC(=O)c1cc(C2CC2)on1. The van der Waals surface area contributed by atoms with E-state index in [9.17, 15) is 9.59 Å². The number of nitrogens with one attached hydrogen (secondary N) is 2. The minimum atomic E-state index is -0.548. The van der Waals surface area contributed by atoms with Crippen LogP contribution in [0, 0.1) is 0 Å². The van der Waals surface area contributed by atoms with Crippen LogP contribution in [0.1, 0.15) is 87.9 Å². The Kier molecular flexibility index (Phi) is 5.53. The second-order valence-electron chi connectivity index (χ2n) is 8.36. The number of carbonyl (C=O) groups excluding carboxylic acids is 2. The molecule has 2 aliphatic rings. The standard InChI is InChI=1S/C19H29N3O4/c1-19(2,3)25-18(24)21-14-8-6-4-5-7-13(14)20-17(23)15-11-16(26-22-15)12-9-10-12/h11-14H,4-10H2,1-3H3,(H,20,23)(H,21,24)/t13-,14-/m1/s1. The van der Waals surface area contributed by atoms with E-state index in [2.05, 4.69) is 15.8 Å². The largest absolute Gasteiger partial charge is 0.444 e. The van der Waals surface area contributed by atoms with Gasteiger partial charge in [0.1, 0.15) is 11.4 Å². The molecule has 1 heterocycles. The summed E-state index contributed by atoms with van der Waals surface area (Å²) in [6.45, 7) is 5.50. The molecule has 2 amide bonds. The lowest BCUT2D eigenvalue weighted by Gasteiger charge is -2.28. The van der Waals surface area contributed by atoms with E-state index in [1.165, 1.54) is 0 Å². The fourth-order valence-electron chi connectivity index (χ4n) is 3.31. The highest BCUT2D eigenvalue weighted by Gasteiger charge is 2.31. The zero-order valence-electron chi connectivity index (χ0n) is 15.8. The summed E-state index contributed by atoms with van der Waals surface area (Å²) in [6.07, 6.45) is 6.51. The van der Waals surface area contributed by atoms with Gasteiger partial charge in [-0.2, -0.15) is 0 Å². The zero-order valence-corrected chi connectivity index (χ0v) is 15.8. The normalized spacial score (nSPS) is 23.8. The molecule has 3 rings (SSSR count). The number of ether oxygens (including phenoxy) is 1. The minimum Gasteiger partial charge on any atom is -0.444 e. The van der Waals surface area contributed by atoms with Gasteiger partial charge in [0.2, 0.25) is 0 Å². The smallest absolute Gasteiger partial charge is 0.407 e. The summed E-state index contributed by atoms with van der Waals surface area (Å²) in [5, 5.41) is 9.87. The molecule has 0 unspecified atom stereocenters.